The summed E-state index contributed by atoms with van der Waals surface area (Å²) in [5.41, 5.74) is 5.73. The second kappa shape index (κ2) is 7.98. The molecular weight excluding hydrogens is 330 g/mol. The van der Waals surface area contributed by atoms with Crippen molar-refractivity contribution in [2.45, 2.75) is 56.5 Å². The molecule has 1 aliphatic heterocycles. The van der Waals surface area contributed by atoms with Crippen LogP contribution in [0.2, 0.25) is 0 Å². The normalized spacial score (nSPS) is 22.6. The highest BCUT2D eigenvalue weighted by Gasteiger charge is 2.40. The van der Waals surface area contributed by atoms with Crippen molar-refractivity contribution in [2.75, 3.05) is 13.1 Å². The van der Waals surface area contributed by atoms with Crippen LogP contribution in [0.5, 0.6) is 0 Å². The summed E-state index contributed by atoms with van der Waals surface area (Å²) in [5, 5.41) is 10.5. The number of carbonyl (C=O) groups excluding carboxylic acids is 2. The second-order valence-electron chi connectivity index (χ2n) is 6.66. The van der Waals surface area contributed by atoms with Gasteiger partial charge >= 0.3 is 0 Å². The van der Waals surface area contributed by atoms with E-state index in [1.54, 1.807) is 10.9 Å². The molecule has 1 aromatic heterocycles. The van der Waals surface area contributed by atoms with Crippen LogP contribution in [0.4, 0.5) is 0 Å². The molecule has 7 nitrogen and oxygen atoms in total. The van der Waals surface area contributed by atoms with Crippen molar-refractivity contribution in [1.82, 2.24) is 20.4 Å². The van der Waals surface area contributed by atoms with Gasteiger partial charge in [0, 0.05) is 24.4 Å². The molecule has 2 fully saturated rings. The zero-order chi connectivity index (χ0) is 16.3. The summed E-state index contributed by atoms with van der Waals surface area (Å²) in [7, 11) is 0. The Morgan fingerprint density at radius 3 is 2.75 bits per heavy atom. The predicted octanol–water partition coefficient (Wildman–Crippen LogP) is 0.686. The van der Waals surface area contributed by atoms with E-state index < -0.39 is 11.4 Å². The lowest BCUT2D eigenvalue weighted by Crippen LogP contribution is -2.56. The lowest BCUT2D eigenvalue weighted by Gasteiger charge is -2.27. The van der Waals surface area contributed by atoms with E-state index in [4.69, 9.17) is 5.73 Å². The van der Waals surface area contributed by atoms with Gasteiger partial charge in [0.1, 0.15) is 12.1 Å². The molecule has 4 N–H and O–H groups in total. The van der Waals surface area contributed by atoms with E-state index in [0.29, 0.717) is 18.8 Å². The summed E-state index contributed by atoms with van der Waals surface area (Å²) in [6.45, 7) is 2.10. The number of rotatable bonds is 5. The number of nitrogens with two attached hydrogens (primary N) is 1. The first-order chi connectivity index (χ1) is 11.1. The van der Waals surface area contributed by atoms with E-state index in [9.17, 15) is 9.59 Å². The lowest BCUT2D eigenvalue weighted by atomic mass is 9.96. The molecular formula is C16H26ClN5O2. The SMILES string of the molecule is Cl.NC(=O)C1(NC(=O)Cn2nccc2C2CCCNC2)CCCC1. The largest absolute Gasteiger partial charge is 0.368 e. The van der Waals surface area contributed by atoms with Crippen LogP contribution in [0.3, 0.4) is 0 Å². The van der Waals surface area contributed by atoms with E-state index in [1.165, 1.54) is 0 Å². The minimum Gasteiger partial charge on any atom is -0.368 e. The van der Waals surface area contributed by atoms with Crippen molar-refractivity contribution in [2.24, 2.45) is 5.73 Å². The molecule has 0 aromatic carbocycles. The Bertz CT molecular complexity index is 577. The Kier molecular flexibility index (Phi) is 6.23. The molecule has 2 aliphatic rings. The second-order valence-corrected chi connectivity index (χ2v) is 6.66. The molecule has 2 heterocycles. The van der Waals surface area contributed by atoms with Crippen LogP contribution in [0, 0.1) is 0 Å². The molecule has 1 aromatic rings. The van der Waals surface area contributed by atoms with Crippen molar-refractivity contribution in [3.63, 3.8) is 0 Å². The maximum atomic E-state index is 12.4. The van der Waals surface area contributed by atoms with E-state index in [0.717, 1.165) is 44.5 Å². The molecule has 1 saturated heterocycles. The third-order valence-electron chi connectivity index (χ3n) is 5.07. The van der Waals surface area contributed by atoms with Gasteiger partial charge in [-0.2, -0.15) is 5.10 Å². The summed E-state index contributed by atoms with van der Waals surface area (Å²) in [6, 6.07) is 1.98. The summed E-state index contributed by atoms with van der Waals surface area (Å²) >= 11 is 0. The Balaban J connectivity index is 0.00000208. The molecule has 2 amide bonds. The fraction of sp³-hybridized carbons (Fsp3) is 0.688. The Morgan fingerprint density at radius 2 is 2.12 bits per heavy atom. The molecule has 1 atom stereocenters. The maximum Gasteiger partial charge on any atom is 0.243 e. The summed E-state index contributed by atoms with van der Waals surface area (Å²) in [4.78, 5) is 24.2. The molecule has 134 valence electrons. The molecule has 0 bridgehead atoms. The Morgan fingerprint density at radius 1 is 1.38 bits per heavy atom. The summed E-state index contributed by atoms with van der Waals surface area (Å²) < 4.78 is 1.75. The van der Waals surface area contributed by atoms with Crippen molar-refractivity contribution in [1.29, 1.82) is 0 Å². The zero-order valence-corrected chi connectivity index (χ0v) is 14.6. The van der Waals surface area contributed by atoms with E-state index >= 15 is 0 Å². The lowest BCUT2D eigenvalue weighted by molar-refractivity contribution is -0.131. The molecule has 0 spiro atoms. The van der Waals surface area contributed by atoms with Crippen molar-refractivity contribution < 1.29 is 9.59 Å². The number of carbonyl (C=O) groups is 2. The van der Waals surface area contributed by atoms with Gasteiger partial charge in [-0.1, -0.05) is 12.8 Å². The van der Waals surface area contributed by atoms with Crippen LogP contribution < -0.4 is 16.4 Å². The van der Waals surface area contributed by atoms with E-state index in [2.05, 4.69) is 15.7 Å². The highest BCUT2D eigenvalue weighted by Crippen LogP contribution is 2.29. The molecule has 1 saturated carbocycles. The van der Waals surface area contributed by atoms with Crippen molar-refractivity contribution in [3.05, 3.63) is 18.0 Å². The summed E-state index contributed by atoms with van der Waals surface area (Å²) in [5.74, 6) is -0.240. The van der Waals surface area contributed by atoms with Crippen LogP contribution >= 0.6 is 12.4 Å². The fourth-order valence-electron chi connectivity index (χ4n) is 3.78. The number of nitrogens with zero attached hydrogens (tertiary/aromatic N) is 2. The van der Waals surface area contributed by atoms with Gasteiger partial charge < -0.3 is 16.4 Å². The number of amides is 2. The number of hydrogen-bond donors (Lipinski definition) is 3. The van der Waals surface area contributed by atoms with Crippen LogP contribution in [-0.4, -0.2) is 40.2 Å². The average molecular weight is 356 g/mol. The molecule has 1 aliphatic carbocycles. The molecule has 8 heteroatoms. The van der Waals surface area contributed by atoms with Gasteiger partial charge in [0.25, 0.3) is 0 Å². The van der Waals surface area contributed by atoms with Crippen LogP contribution in [0.1, 0.15) is 50.1 Å². The Labute approximate surface area is 148 Å². The quantitative estimate of drug-likeness (QED) is 0.723. The average Bonchev–Trinajstić information content (AvgIpc) is 3.18. The van der Waals surface area contributed by atoms with Gasteiger partial charge in [0.2, 0.25) is 11.8 Å². The number of halogens is 1. The third kappa shape index (κ3) is 3.89. The topological polar surface area (TPSA) is 102 Å². The van der Waals surface area contributed by atoms with Crippen molar-refractivity contribution in [3.8, 4) is 0 Å². The predicted molar refractivity (Wildman–Crippen MR) is 92.9 cm³/mol. The highest BCUT2D eigenvalue weighted by molar-refractivity contribution is 5.90. The molecule has 3 rings (SSSR count). The first-order valence-corrected chi connectivity index (χ1v) is 8.44. The number of primary amides is 1. The van der Waals surface area contributed by atoms with Crippen molar-refractivity contribution >= 4 is 24.2 Å². The van der Waals surface area contributed by atoms with Gasteiger partial charge in [-0.3, -0.25) is 14.3 Å². The van der Waals surface area contributed by atoms with Crippen LogP contribution in [0.15, 0.2) is 12.3 Å². The maximum absolute atomic E-state index is 12.4. The van der Waals surface area contributed by atoms with Gasteiger partial charge in [0.15, 0.2) is 0 Å². The minimum absolute atomic E-state index is 0. The van der Waals surface area contributed by atoms with Crippen LogP contribution in [-0.2, 0) is 16.1 Å². The van der Waals surface area contributed by atoms with Gasteiger partial charge in [-0.15, -0.1) is 12.4 Å². The zero-order valence-electron chi connectivity index (χ0n) is 13.8. The van der Waals surface area contributed by atoms with E-state index in [-0.39, 0.29) is 24.9 Å². The first kappa shape index (κ1) is 18.7. The van der Waals surface area contributed by atoms with Gasteiger partial charge in [-0.05, 0) is 38.3 Å². The van der Waals surface area contributed by atoms with E-state index in [1.807, 2.05) is 6.07 Å². The number of nitrogens with one attached hydrogen (secondary N) is 2. The molecule has 1 unspecified atom stereocenters. The first-order valence-electron chi connectivity index (χ1n) is 8.44. The Hall–Kier alpha value is -1.60. The van der Waals surface area contributed by atoms with Gasteiger partial charge in [-0.25, -0.2) is 0 Å². The number of piperidine rings is 1. The van der Waals surface area contributed by atoms with Crippen LogP contribution in [0.25, 0.3) is 0 Å². The number of hydrogen-bond acceptors (Lipinski definition) is 4. The minimum atomic E-state index is -0.864. The molecule has 24 heavy (non-hydrogen) atoms. The summed E-state index contributed by atoms with van der Waals surface area (Å²) in [6.07, 6.45) is 7.07. The molecule has 0 radical (unpaired) electrons. The third-order valence-corrected chi connectivity index (χ3v) is 5.07. The smallest absolute Gasteiger partial charge is 0.243 e. The highest BCUT2D eigenvalue weighted by atomic mass is 35.5. The number of aromatic nitrogens is 2. The van der Waals surface area contributed by atoms with Gasteiger partial charge in [0.05, 0.1) is 0 Å². The fourth-order valence-corrected chi connectivity index (χ4v) is 3.78. The standard InChI is InChI=1S/C16H25N5O2.ClH/c17-15(23)16(6-1-2-7-16)20-14(22)11-21-13(5-9-19-21)12-4-3-8-18-10-12;/h5,9,12,18H,1-4,6-8,10-11H2,(H2,17,23)(H,20,22);1H. The monoisotopic (exact) mass is 355 g/mol.